The second-order valence-corrected chi connectivity index (χ2v) is 7.85. The number of thioether (sulfide) groups is 1. The summed E-state index contributed by atoms with van der Waals surface area (Å²) in [6.45, 7) is 0. The SMILES string of the molecule is CNS(=O)(=O)c1ccc(SCc2cccc(Cl)c2)c([N+](=O)[O-])c1. The maximum atomic E-state index is 11.7. The monoisotopic (exact) mass is 372 g/mol. The minimum atomic E-state index is -3.72. The number of nitrogens with one attached hydrogen (secondary N) is 1. The smallest absolute Gasteiger partial charge is 0.258 e. The van der Waals surface area contributed by atoms with Gasteiger partial charge in [-0.3, -0.25) is 10.1 Å². The van der Waals surface area contributed by atoms with E-state index in [1.807, 2.05) is 6.07 Å². The number of benzene rings is 2. The average Bonchev–Trinajstić information content (AvgIpc) is 2.52. The third kappa shape index (κ3) is 4.44. The molecule has 0 atom stereocenters. The minimum absolute atomic E-state index is 0.140. The number of sulfonamides is 1. The summed E-state index contributed by atoms with van der Waals surface area (Å²) in [4.78, 5) is 10.9. The fourth-order valence-electron chi connectivity index (χ4n) is 1.83. The fourth-order valence-corrected chi connectivity index (χ4v) is 3.74. The topological polar surface area (TPSA) is 89.3 Å². The number of nitro groups is 1. The van der Waals surface area contributed by atoms with E-state index in [1.54, 1.807) is 18.2 Å². The summed E-state index contributed by atoms with van der Waals surface area (Å²) in [7, 11) is -2.47. The van der Waals surface area contributed by atoms with Crippen molar-refractivity contribution in [2.45, 2.75) is 15.5 Å². The lowest BCUT2D eigenvalue weighted by atomic mass is 10.2. The highest BCUT2D eigenvalue weighted by Crippen LogP contribution is 2.33. The zero-order chi connectivity index (χ0) is 17.0. The highest BCUT2D eigenvalue weighted by Gasteiger charge is 2.20. The van der Waals surface area contributed by atoms with Gasteiger partial charge in [-0.2, -0.15) is 0 Å². The zero-order valence-corrected chi connectivity index (χ0v) is 14.4. The van der Waals surface area contributed by atoms with E-state index in [9.17, 15) is 18.5 Å². The molecule has 0 saturated heterocycles. The predicted octanol–water partition coefficient (Wildman–Crippen LogP) is 3.45. The minimum Gasteiger partial charge on any atom is -0.258 e. The molecule has 2 rings (SSSR count). The van der Waals surface area contributed by atoms with Crippen LogP contribution in [0.1, 0.15) is 5.56 Å². The van der Waals surface area contributed by atoms with Crippen LogP contribution in [0.5, 0.6) is 0 Å². The molecular formula is C14H13ClN2O4S2. The number of halogens is 1. The molecule has 0 aliphatic carbocycles. The van der Waals surface area contributed by atoms with Crippen molar-refractivity contribution < 1.29 is 13.3 Å². The number of nitrogens with zero attached hydrogens (tertiary/aromatic N) is 1. The highest BCUT2D eigenvalue weighted by molar-refractivity contribution is 7.98. The molecule has 0 saturated carbocycles. The van der Waals surface area contributed by atoms with Gasteiger partial charge in [0.15, 0.2) is 0 Å². The first-order valence-corrected chi connectivity index (χ1v) is 9.27. The Morgan fingerprint density at radius 3 is 2.61 bits per heavy atom. The van der Waals surface area contributed by atoms with Crippen LogP contribution in [0.2, 0.25) is 5.02 Å². The largest absolute Gasteiger partial charge is 0.284 e. The van der Waals surface area contributed by atoms with Gasteiger partial charge in [0.05, 0.1) is 14.7 Å². The Kier molecular flexibility index (Phi) is 5.64. The van der Waals surface area contributed by atoms with Crippen LogP contribution in [0, 0.1) is 10.1 Å². The van der Waals surface area contributed by atoms with Crippen molar-refractivity contribution in [2.75, 3.05) is 7.05 Å². The van der Waals surface area contributed by atoms with Crippen molar-refractivity contribution in [3.63, 3.8) is 0 Å². The van der Waals surface area contributed by atoms with E-state index >= 15 is 0 Å². The van der Waals surface area contributed by atoms with Crippen molar-refractivity contribution in [2.24, 2.45) is 0 Å². The van der Waals surface area contributed by atoms with Crippen molar-refractivity contribution in [1.82, 2.24) is 4.72 Å². The van der Waals surface area contributed by atoms with Gasteiger partial charge in [-0.05, 0) is 36.9 Å². The first kappa shape index (κ1) is 17.7. The molecule has 2 aromatic rings. The van der Waals surface area contributed by atoms with E-state index in [-0.39, 0.29) is 10.6 Å². The van der Waals surface area contributed by atoms with Crippen molar-refractivity contribution in [1.29, 1.82) is 0 Å². The standard InChI is InChI=1S/C14H13ClN2O4S2/c1-16-23(20,21)12-5-6-14(13(8-12)17(18)19)22-9-10-3-2-4-11(15)7-10/h2-8,16H,9H2,1H3. The van der Waals surface area contributed by atoms with E-state index < -0.39 is 14.9 Å². The highest BCUT2D eigenvalue weighted by atomic mass is 35.5. The lowest BCUT2D eigenvalue weighted by molar-refractivity contribution is -0.388. The quantitative estimate of drug-likeness (QED) is 0.476. The van der Waals surface area contributed by atoms with Crippen LogP contribution in [-0.2, 0) is 15.8 Å². The van der Waals surface area contributed by atoms with E-state index in [0.717, 1.165) is 11.6 Å². The van der Waals surface area contributed by atoms with Crippen LogP contribution >= 0.6 is 23.4 Å². The van der Waals surface area contributed by atoms with E-state index in [2.05, 4.69) is 4.72 Å². The summed E-state index contributed by atoms with van der Waals surface area (Å²) >= 11 is 7.15. The van der Waals surface area contributed by atoms with Gasteiger partial charge in [-0.15, -0.1) is 11.8 Å². The first-order valence-electron chi connectivity index (χ1n) is 6.43. The Morgan fingerprint density at radius 1 is 1.26 bits per heavy atom. The van der Waals surface area contributed by atoms with Gasteiger partial charge < -0.3 is 0 Å². The summed E-state index contributed by atoms with van der Waals surface area (Å²) in [6.07, 6.45) is 0. The van der Waals surface area contributed by atoms with Crippen LogP contribution in [0.4, 0.5) is 5.69 Å². The molecule has 2 aromatic carbocycles. The number of rotatable bonds is 6. The summed E-state index contributed by atoms with van der Waals surface area (Å²) < 4.78 is 25.6. The maximum Gasteiger partial charge on any atom is 0.284 e. The number of nitro benzene ring substituents is 1. The van der Waals surface area contributed by atoms with Gasteiger partial charge in [0.1, 0.15) is 0 Å². The molecular weight excluding hydrogens is 360 g/mol. The molecule has 0 unspecified atom stereocenters. The summed E-state index contributed by atoms with van der Waals surface area (Å²) in [5, 5.41) is 11.8. The van der Waals surface area contributed by atoms with Crippen LogP contribution in [0.25, 0.3) is 0 Å². The fraction of sp³-hybridized carbons (Fsp3) is 0.143. The normalized spacial score (nSPS) is 11.4. The van der Waals surface area contributed by atoms with Gasteiger partial charge >= 0.3 is 0 Å². The molecule has 0 bridgehead atoms. The van der Waals surface area contributed by atoms with E-state index in [1.165, 1.54) is 30.9 Å². The molecule has 0 aliphatic rings. The Hall–Kier alpha value is -1.61. The third-order valence-electron chi connectivity index (χ3n) is 2.99. The molecule has 0 fully saturated rings. The third-order valence-corrected chi connectivity index (χ3v) is 5.77. The molecule has 23 heavy (non-hydrogen) atoms. The molecule has 9 heteroatoms. The molecule has 1 N–H and O–H groups in total. The predicted molar refractivity (Wildman–Crippen MR) is 90.4 cm³/mol. The second-order valence-electron chi connectivity index (χ2n) is 4.51. The molecule has 0 spiro atoms. The molecule has 0 radical (unpaired) electrons. The molecule has 0 heterocycles. The summed E-state index contributed by atoms with van der Waals surface area (Å²) in [5.41, 5.74) is 0.678. The van der Waals surface area contributed by atoms with Gasteiger partial charge in [-0.25, -0.2) is 13.1 Å². The molecule has 122 valence electrons. The van der Waals surface area contributed by atoms with Crippen molar-refractivity contribution >= 4 is 39.1 Å². The molecule has 0 amide bonds. The number of hydrogen-bond donors (Lipinski definition) is 1. The first-order chi connectivity index (χ1) is 10.8. The molecule has 0 aromatic heterocycles. The Balaban J connectivity index is 2.30. The van der Waals surface area contributed by atoms with Crippen molar-refractivity contribution in [3.8, 4) is 0 Å². The average molecular weight is 373 g/mol. The Bertz CT molecular complexity index is 840. The van der Waals surface area contributed by atoms with Gasteiger partial charge in [0.2, 0.25) is 10.0 Å². The van der Waals surface area contributed by atoms with Crippen molar-refractivity contribution in [3.05, 3.63) is 63.2 Å². The van der Waals surface area contributed by atoms with Crippen LogP contribution in [-0.4, -0.2) is 20.4 Å². The van der Waals surface area contributed by atoms with E-state index in [0.29, 0.717) is 15.7 Å². The molecule has 0 aliphatic heterocycles. The van der Waals surface area contributed by atoms with Gasteiger partial charge in [0, 0.05) is 16.8 Å². The van der Waals surface area contributed by atoms with Gasteiger partial charge in [0.25, 0.3) is 5.69 Å². The zero-order valence-electron chi connectivity index (χ0n) is 12.0. The summed E-state index contributed by atoms with van der Waals surface area (Å²) in [5.74, 6) is 0.486. The number of hydrogen-bond acceptors (Lipinski definition) is 5. The Labute approximate surface area is 143 Å². The lowest BCUT2D eigenvalue weighted by Crippen LogP contribution is -2.18. The Morgan fingerprint density at radius 2 is 2.00 bits per heavy atom. The van der Waals surface area contributed by atoms with Crippen LogP contribution < -0.4 is 4.72 Å². The van der Waals surface area contributed by atoms with E-state index in [4.69, 9.17) is 11.6 Å². The second kappa shape index (κ2) is 7.31. The summed E-state index contributed by atoms with van der Waals surface area (Å²) in [6, 6.07) is 11.0. The lowest BCUT2D eigenvalue weighted by Gasteiger charge is -2.07. The molecule has 6 nitrogen and oxygen atoms in total. The van der Waals surface area contributed by atoms with Crippen LogP contribution in [0.3, 0.4) is 0 Å². The van der Waals surface area contributed by atoms with Gasteiger partial charge in [-0.1, -0.05) is 23.7 Å². The van der Waals surface area contributed by atoms with Crippen LogP contribution in [0.15, 0.2) is 52.3 Å². The maximum absolute atomic E-state index is 11.7.